The summed E-state index contributed by atoms with van der Waals surface area (Å²) in [6.45, 7) is -0.131. The second-order valence-electron chi connectivity index (χ2n) is 5.65. The molecule has 1 aliphatic heterocycles. The van der Waals surface area contributed by atoms with E-state index in [0.717, 1.165) is 6.92 Å². The van der Waals surface area contributed by atoms with Gasteiger partial charge in [0, 0.05) is 0 Å². The molecule has 0 amide bonds. The summed E-state index contributed by atoms with van der Waals surface area (Å²) in [5, 5.41) is 18.2. The average molecular weight is 390 g/mol. The first-order valence-corrected chi connectivity index (χ1v) is 6.72. The molecule has 1 saturated heterocycles. The van der Waals surface area contributed by atoms with Crippen molar-refractivity contribution < 1.29 is 59.6 Å². The Kier molecular flexibility index (Phi) is 5.41. The van der Waals surface area contributed by atoms with Crippen LogP contribution in [0.2, 0.25) is 0 Å². The van der Waals surface area contributed by atoms with Crippen LogP contribution in [0.1, 0.15) is 20.3 Å². The third-order valence-electron chi connectivity index (χ3n) is 4.04. The number of carbonyl (C=O) groups is 1. The fourth-order valence-corrected chi connectivity index (χ4v) is 1.95. The lowest BCUT2D eigenvalue weighted by Gasteiger charge is -2.30. The molecule has 0 spiro atoms. The van der Waals surface area contributed by atoms with Gasteiger partial charge in [0.1, 0.15) is 12.7 Å². The zero-order valence-corrected chi connectivity index (χ0v) is 12.7. The van der Waals surface area contributed by atoms with Crippen LogP contribution in [0, 0.1) is 5.41 Å². The van der Waals surface area contributed by atoms with Gasteiger partial charge < -0.3 is 19.7 Å². The number of esters is 1. The smallest absolute Gasteiger partial charge is 0.449 e. The Balaban J connectivity index is 2.95. The maximum atomic E-state index is 13.5. The minimum Gasteiger partial charge on any atom is -0.462 e. The fraction of sp³-hybridized carbons (Fsp3) is 0.917. The molecule has 1 rings (SSSR count). The normalized spacial score (nSPS) is 32.3. The highest BCUT2D eigenvalue weighted by Crippen LogP contribution is 2.51. The molecule has 1 heterocycles. The van der Waals surface area contributed by atoms with Gasteiger partial charge in [-0.2, -0.15) is 35.1 Å². The molecule has 148 valence electrons. The molecule has 0 aliphatic carbocycles. The molecule has 0 radical (unpaired) electrons. The topological polar surface area (TPSA) is 76.0 Å². The van der Waals surface area contributed by atoms with Crippen molar-refractivity contribution in [1.82, 2.24) is 0 Å². The Labute approximate surface area is 135 Å². The molecule has 0 aromatic carbocycles. The number of rotatable bonds is 4. The van der Waals surface area contributed by atoms with Gasteiger partial charge in [0.05, 0.1) is 0 Å². The van der Waals surface area contributed by atoms with E-state index in [1.807, 2.05) is 0 Å². The van der Waals surface area contributed by atoms with Crippen LogP contribution < -0.4 is 0 Å². The van der Waals surface area contributed by atoms with E-state index in [1.54, 1.807) is 0 Å². The predicted molar refractivity (Wildman–Crippen MR) is 62.2 cm³/mol. The molecule has 5 nitrogen and oxygen atoms in total. The molecule has 0 aromatic heterocycles. The SMILES string of the molecule is CCC(C)(C(=O)OCC1OC(O)(C(F)(F)F)C(F)(F)C1O)C(F)(F)F. The van der Waals surface area contributed by atoms with Crippen LogP contribution >= 0.6 is 0 Å². The third-order valence-corrected chi connectivity index (χ3v) is 4.04. The number of aliphatic hydroxyl groups excluding tert-OH is 1. The second-order valence-corrected chi connectivity index (χ2v) is 5.65. The number of alkyl halides is 8. The van der Waals surface area contributed by atoms with Gasteiger partial charge >= 0.3 is 30.0 Å². The van der Waals surface area contributed by atoms with Crippen molar-refractivity contribution >= 4 is 5.97 Å². The van der Waals surface area contributed by atoms with Crippen molar-refractivity contribution in [3.05, 3.63) is 0 Å². The first kappa shape index (κ1) is 21.8. The molecular formula is C12H14F8O5. The van der Waals surface area contributed by atoms with E-state index < -0.39 is 60.7 Å². The van der Waals surface area contributed by atoms with E-state index in [-0.39, 0.29) is 0 Å². The van der Waals surface area contributed by atoms with Crippen molar-refractivity contribution in [2.24, 2.45) is 5.41 Å². The van der Waals surface area contributed by atoms with Gasteiger partial charge in [-0.1, -0.05) is 6.92 Å². The summed E-state index contributed by atoms with van der Waals surface area (Å²) in [5.41, 5.74) is -3.04. The van der Waals surface area contributed by atoms with Crippen molar-refractivity contribution in [1.29, 1.82) is 0 Å². The van der Waals surface area contributed by atoms with Gasteiger partial charge in [-0.25, -0.2) is 0 Å². The highest BCUT2D eigenvalue weighted by atomic mass is 19.4. The van der Waals surface area contributed by atoms with Crippen LogP contribution in [0.25, 0.3) is 0 Å². The lowest BCUT2D eigenvalue weighted by atomic mass is 9.87. The third kappa shape index (κ3) is 3.28. The second kappa shape index (κ2) is 6.20. The monoisotopic (exact) mass is 390 g/mol. The van der Waals surface area contributed by atoms with Gasteiger partial charge in [-0.3, -0.25) is 4.79 Å². The van der Waals surface area contributed by atoms with E-state index in [1.165, 1.54) is 0 Å². The highest BCUT2D eigenvalue weighted by Gasteiger charge is 2.79. The number of hydrogen-bond acceptors (Lipinski definition) is 5. The molecular weight excluding hydrogens is 376 g/mol. The minimum atomic E-state index is -6.03. The summed E-state index contributed by atoms with van der Waals surface area (Å²) >= 11 is 0. The molecule has 0 aromatic rings. The van der Waals surface area contributed by atoms with Crippen molar-refractivity contribution in [2.75, 3.05) is 6.61 Å². The Hall–Kier alpha value is -1.21. The van der Waals surface area contributed by atoms with Crippen LogP contribution in [0.3, 0.4) is 0 Å². The van der Waals surface area contributed by atoms with E-state index in [0.29, 0.717) is 6.92 Å². The fourth-order valence-electron chi connectivity index (χ4n) is 1.95. The lowest BCUT2D eigenvalue weighted by molar-refractivity contribution is -0.409. The molecule has 2 N–H and O–H groups in total. The van der Waals surface area contributed by atoms with Gasteiger partial charge in [-0.15, -0.1) is 0 Å². The van der Waals surface area contributed by atoms with Crippen LogP contribution in [-0.2, 0) is 14.3 Å². The zero-order chi connectivity index (χ0) is 20.1. The Morgan fingerprint density at radius 2 is 1.68 bits per heavy atom. The van der Waals surface area contributed by atoms with E-state index >= 15 is 0 Å². The standard InChI is InChI=1S/C12H14F8O5/c1-3-8(2,11(15,16)17)7(22)24-4-5-6(21)9(13,14)10(23,25-5)12(18,19)20/h5-6,21,23H,3-4H2,1-2H3. The summed E-state index contributed by atoms with van der Waals surface area (Å²) in [5.74, 6) is -12.3. The minimum absolute atomic E-state index is 0.446. The van der Waals surface area contributed by atoms with E-state index in [2.05, 4.69) is 9.47 Å². The van der Waals surface area contributed by atoms with Crippen LogP contribution in [0.15, 0.2) is 0 Å². The molecule has 25 heavy (non-hydrogen) atoms. The van der Waals surface area contributed by atoms with Gasteiger partial charge in [0.25, 0.3) is 0 Å². The predicted octanol–water partition coefficient (Wildman–Crippen LogP) is 2.15. The van der Waals surface area contributed by atoms with Crippen LogP contribution in [-0.4, -0.2) is 59.1 Å². The molecule has 4 unspecified atom stereocenters. The molecule has 13 heteroatoms. The lowest BCUT2D eigenvalue weighted by Crippen LogP contribution is -2.59. The summed E-state index contributed by atoms with van der Waals surface area (Å²) in [4.78, 5) is 11.6. The summed E-state index contributed by atoms with van der Waals surface area (Å²) in [7, 11) is 0. The summed E-state index contributed by atoms with van der Waals surface area (Å²) in [6.07, 6.45) is -17.8. The molecule has 0 saturated carbocycles. The quantitative estimate of drug-likeness (QED) is 0.569. The largest absolute Gasteiger partial charge is 0.462 e. The molecule has 1 fully saturated rings. The van der Waals surface area contributed by atoms with Crippen LogP contribution in [0.5, 0.6) is 0 Å². The van der Waals surface area contributed by atoms with E-state index in [4.69, 9.17) is 5.11 Å². The maximum Gasteiger partial charge on any atom is 0.449 e. The van der Waals surface area contributed by atoms with Gasteiger partial charge in [0.15, 0.2) is 11.5 Å². The number of hydrogen-bond donors (Lipinski definition) is 2. The molecule has 1 aliphatic rings. The van der Waals surface area contributed by atoms with Gasteiger partial charge in [-0.05, 0) is 13.3 Å². The zero-order valence-electron chi connectivity index (χ0n) is 12.7. The Morgan fingerprint density at radius 3 is 2.00 bits per heavy atom. The van der Waals surface area contributed by atoms with E-state index in [9.17, 15) is 45.0 Å². The molecule has 4 atom stereocenters. The number of carbonyl (C=O) groups excluding carboxylic acids is 1. The summed E-state index contributed by atoms with van der Waals surface area (Å²) < 4.78 is 111. The van der Waals surface area contributed by atoms with Crippen molar-refractivity contribution in [3.8, 4) is 0 Å². The average Bonchev–Trinajstić information content (AvgIpc) is 2.63. The van der Waals surface area contributed by atoms with Crippen molar-refractivity contribution in [3.63, 3.8) is 0 Å². The van der Waals surface area contributed by atoms with Gasteiger partial charge in [0.2, 0.25) is 0 Å². The summed E-state index contributed by atoms with van der Waals surface area (Å²) in [6, 6.07) is 0. The first-order valence-electron chi connectivity index (χ1n) is 6.72. The highest BCUT2D eigenvalue weighted by molar-refractivity contribution is 5.77. The number of halogens is 8. The first-order chi connectivity index (χ1) is 11.0. The Bertz CT molecular complexity index is 519. The molecule has 0 bridgehead atoms. The van der Waals surface area contributed by atoms with Crippen LogP contribution in [0.4, 0.5) is 35.1 Å². The van der Waals surface area contributed by atoms with Crippen molar-refractivity contribution in [2.45, 2.75) is 56.5 Å². The number of ether oxygens (including phenoxy) is 2. The Morgan fingerprint density at radius 1 is 1.20 bits per heavy atom. The number of aliphatic hydroxyl groups is 2. The maximum absolute atomic E-state index is 13.5.